The number of halogens is 3. The van der Waals surface area contributed by atoms with Gasteiger partial charge in [-0.15, -0.1) is 0 Å². The van der Waals surface area contributed by atoms with E-state index < -0.39 is 24.3 Å². The summed E-state index contributed by atoms with van der Waals surface area (Å²) in [4.78, 5) is 24.0. The first kappa shape index (κ1) is 23.5. The van der Waals surface area contributed by atoms with Crippen LogP contribution in [-0.4, -0.2) is 28.3 Å². The van der Waals surface area contributed by atoms with Crippen molar-refractivity contribution in [2.24, 2.45) is 0 Å². The molecule has 6 nitrogen and oxygen atoms in total. The second-order valence-corrected chi connectivity index (χ2v) is 7.79. The van der Waals surface area contributed by atoms with Crippen LogP contribution in [0.3, 0.4) is 0 Å². The molecule has 9 heteroatoms. The number of benzene rings is 2. The fraction of sp³-hybridized carbons (Fsp3) is 0.174. The van der Waals surface area contributed by atoms with Gasteiger partial charge in [-0.05, 0) is 49.8 Å². The maximum Gasteiger partial charge on any atom is 0.331 e. The number of aromatic nitrogens is 2. The van der Waals surface area contributed by atoms with Crippen LogP contribution in [0.5, 0.6) is 0 Å². The van der Waals surface area contributed by atoms with Crippen molar-refractivity contribution in [3.63, 3.8) is 0 Å². The predicted octanol–water partition coefficient (Wildman–Crippen LogP) is 5.19. The van der Waals surface area contributed by atoms with Gasteiger partial charge >= 0.3 is 5.97 Å². The van der Waals surface area contributed by atoms with Gasteiger partial charge in [0.25, 0.3) is 5.91 Å². The van der Waals surface area contributed by atoms with Gasteiger partial charge in [0.05, 0.1) is 17.9 Å². The van der Waals surface area contributed by atoms with Crippen molar-refractivity contribution in [2.75, 3.05) is 11.9 Å². The van der Waals surface area contributed by atoms with Crippen LogP contribution in [0.1, 0.15) is 22.5 Å². The molecule has 0 aliphatic rings. The number of rotatable bonds is 7. The Labute approximate surface area is 194 Å². The first-order chi connectivity index (χ1) is 15.2. The number of nitrogens with one attached hydrogen (secondary N) is 1. The molecule has 3 rings (SSSR count). The lowest BCUT2D eigenvalue weighted by atomic mass is 10.1. The van der Waals surface area contributed by atoms with Crippen molar-refractivity contribution in [1.82, 2.24) is 9.78 Å². The van der Waals surface area contributed by atoms with E-state index >= 15 is 0 Å². The molecule has 2 aromatic carbocycles. The van der Waals surface area contributed by atoms with E-state index in [1.165, 1.54) is 18.2 Å². The van der Waals surface area contributed by atoms with Crippen LogP contribution in [0.25, 0.3) is 6.08 Å². The van der Waals surface area contributed by atoms with Gasteiger partial charge in [0.15, 0.2) is 6.61 Å². The minimum atomic E-state index is -0.718. The summed E-state index contributed by atoms with van der Waals surface area (Å²) in [5, 5.41) is 7.73. The van der Waals surface area contributed by atoms with Crippen molar-refractivity contribution in [1.29, 1.82) is 0 Å². The highest BCUT2D eigenvalue weighted by atomic mass is 35.5. The smallest absolute Gasteiger partial charge is 0.331 e. The number of amides is 1. The third kappa shape index (κ3) is 5.96. The summed E-state index contributed by atoms with van der Waals surface area (Å²) in [7, 11) is 0. The molecule has 3 aromatic rings. The van der Waals surface area contributed by atoms with E-state index in [2.05, 4.69) is 10.4 Å². The van der Waals surface area contributed by atoms with E-state index in [0.29, 0.717) is 11.6 Å². The number of aryl methyl sites for hydroxylation is 1. The third-order valence-corrected chi connectivity index (χ3v) is 5.25. The van der Waals surface area contributed by atoms with Crippen LogP contribution in [-0.2, 0) is 20.9 Å². The van der Waals surface area contributed by atoms with Gasteiger partial charge in [0, 0.05) is 27.4 Å². The molecule has 0 fully saturated rings. The molecule has 32 heavy (non-hydrogen) atoms. The topological polar surface area (TPSA) is 73.2 Å². The summed E-state index contributed by atoms with van der Waals surface area (Å²) in [5.41, 5.74) is 3.18. The van der Waals surface area contributed by atoms with Crippen LogP contribution in [0, 0.1) is 19.7 Å². The molecule has 0 atom stereocenters. The monoisotopic (exact) mass is 475 g/mol. The van der Waals surface area contributed by atoms with Crippen molar-refractivity contribution in [3.8, 4) is 0 Å². The molecule has 0 saturated carbocycles. The Morgan fingerprint density at radius 2 is 1.94 bits per heavy atom. The summed E-state index contributed by atoms with van der Waals surface area (Å²) < 4.78 is 20.4. The largest absolute Gasteiger partial charge is 0.452 e. The number of hydrogen-bond acceptors (Lipinski definition) is 4. The Bertz CT molecular complexity index is 1190. The van der Waals surface area contributed by atoms with Crippen LogP contribution < -0.4 is 5.32 Å². The Morgan fingerprint density at radius 1 is 1.19 bits per heavy atom. The Kier molecular flexibility index (Phi) is 7.66. The van der Waals surface area contributed by atoms with E-state index in [1.807, 2.05) is 38.1 Å². The van der Waals surface area contributed by atoms with Crippen molar-refractivity contribution < 1.29 is 18.7 Å². The minimum absolute atomic E-state index is 0.0914. The fourth-order valence-electron chi connectivity index (χ4n) is 3.01. The normalized spacial score (nSPS) is 11.0. The lowest BCUT2D eigenvalue weighted by Crippen LogP contribution is -2.20. The lowest BCUT2D eigenvalue weighted by Gasteiger charge is -2.07. The zero-order chi connectivity index (χ0) is 23.3. The Balaban J connectivity index is 1.59. The average molecular weight is 476 g/mol. The van der Waals surface area contributed by atoms with E-state index in [1.54, 1.807) is 10.8 Å². The van der Waals surface area contributed by atoms with Gasteiger partial charge in [-0.2, -0.15) is 5.10 Å². The van der Waals surface area contributed by atoms with Crippen molar-refractivity contribution in [3.05, 3.63) is 86.9 Å². The highest BCUT2D eigenvalue weighted by Crippen LogP contribution is 2.21. The summed E-state index contributed by atoms with van der Waals surface area (Å²) in [6.45, 7) is 3.63. The van der Waals surface area contributed by atoms with Crippen molar-refractivity contribution >= 4 is 46.8 Å². The number of hydrogen-bond donors (Lipinski definition) is 1. The third-order valence-electron chi connectivity index (χ3n) is 4.65. The highest BCUT2D eigenvalue weighted by Gasteiger charge is 2.13. The molecule has 1 N–H and O–H groups in total. The number of carbonyl (C=O) groups excluding carboxylic acids is 2. The number of nitrogens with zero attached hydrogens (tertiary/aromatic N) is 2. The maximum absolute atomic E-state index is 13.7. The molecule has 1 amide bonds. The van der Waals surface area contributed by atoms with Gasteiger partial charge in [-0.3, -0.25) is 9.48 Å². The standard InChI is InChI=1S/C23H20Cl2FN3O3/c1-14-18(15(2)29(28-14)12-16-5-3-4-6-19(16)25)8-10-23(31)32-13-22(30)27-21-11-17(24)7-9-20(21)26/h3-11H,12-13H2,1-2H3,(H,27,30)/b10-8+. The maximum atomic E-state index is 13.7. The summed E-state index contributed by atoms with van der Waals surface area (Å²) in [6, 6.07) is 11.3. The summed E-state index contributed by atoms with van der Waals surface area (Å²) >= 11 is 12.0. The predicted molar refractivity (Wildman–Crippen MR) is 122 cm³/mol. The zero-order valence-corrected chi connectivity index (χ0v) is 18.9. The Morgan fingerprint density at radius 3 is 2.69 bits per heavy atom. The van der Waals surface area contributed by atoms with Crippen LogP contribution >= 0.6 is 23.2 Å². The van der Waals surface area contributed by atoms with Crippen molar-refractivity contribution in [2.45, 2.75) is 20.4 Å². The number of esters is 1. The van der Waals surface area contributed by atoms with Gasteiger partial charge in [-0.1, -0.05) is 41.4 Å². The molecular formula is C23H20Cl2FN3O3. The Hall–Kier alpha value is -3.16. The van der Waals surface area contributed by atoms with Gasteiger partial charge in [0.1, 0.15) is 5.82 Å². The zero-order valence-electron chi connectivity index (χ0n) is 17.4. The molecule has 1 aromatic heterocycles. The van der Waals surface area contributed by atoms with E-state index in [9.17, 15) is 14.0 Å². The molecule has 0 aliphatic carbocycles. The minimum Gasteiger partial charge on any atom is -0.452 e. The van der Waals surface area contributed by atoms with E-state index in [-0.39, 0.29) is 10.7 Å². The molecule has 0 aliphatic heterocycles. The molecule has 0 radical (unpaired) electrons. The molecular weight excluding hydrogens is 456 g/mol. The fourth-order valence-corrected chi connectivity index (χ4v) is 3.38. The number of ether oxygens (including phenoxy) is 1. The molecule has 166 valence electrons. The lowest BCUT2D eigenvalue weighted by molar-refractivity contribution is -0.142. The first-order valence-corrected chi connectivity index (χ1v) is 10.4. The average Bonchev–Trinajstić information content (AvgIpc) is 3.02. The summed E-state index contributed by atoms with van der Waals surface area (Å²) in [6.07, 6.45) is 2.79. The van der Waals surface area contributed by atoms with E-state index in [4.69, 9.17) is 27.9 Å². The molecule has 0 saturated heterocycles. The van der Waals surface area contributed by atoms with Gasteiger partial charge < -0.3 is 10.1 Å². The first-order valence-electron chi connectivity index (χ1n) is 9.61. The highest BCUT2D eigenvalue weighted by molar-refractivity contribution is 6.31. The summed E-state index contributed by atoms with van der Waals surface area (Å²) in [5.74, 6) is -2.05. The molecule has 1 heterocycles. The number of carbonyl (C=O) groups is 2. The van der Waals surface area contributed by atoms with Gasteiger partial charge in [-0.25, -0.2) is 9.18 Å². The second-order valence-electron chi connectivity index (χ2n) is 6.95. The van der Waals surface area contributed by atoms with Crippen LogP contribution in [0.4, 0.5) is 10.1 Å². The molecule has 0 unspecified atom stereocenters. The van der Waals surface area contributed by atoms with E-state index in [0.717, 1.165) is 28.6 Å². The molecule has 0 bridgehead atoms. The van der Waals surface area contributed by atoms with Crippen LogP contribution in [0.2, 0.25) is 10.0 Å². The van der Waals surface area contributed by atoms with Crippen LogP contribution in [0.15, 0.2) is 48.5 Å². The second kappa shape index (κ2) is 10.4. The molecule has 0 spiro atoms. The number of anilines is 1. The SMILES string of the molecule is Cc1nn(Cc2ccccc2Cl)c(C)c1/C=C/C(=O)OCC(=O)Nc1cc(Cl)ccc1F. The quantitative estimate of drug-likeness (QED) is 0.376. The van der Waals surface area contributed by atoms with Gasteiger partial charge in [0.2, 0.25) is 0 Å².